The van der Waals surface area contributed by atoms with Crippen molar-refractivity contribution >= 4 is 8.56 Å². The lowest BCUT2D eigenvalue weighted by Crippen LogP contribution is -2.51. The van der Waals surface area contributed by atoms with Crippen molar-refractivity contribution in [1.29, 1.82) is 0 Å². The first kappa shape index (κ1) is 12.3. The van der Waals surface area contributed by atoms with Gasteiger partial charge in [0.2, 0.25) is 0 Å². The molecule has 2 atom stereocenters. The van der Waals surface area contributed by atoms with E-state index in [4.69, 9.17) is 8.85 Å². The lowest BCUT2D eigenvalue weighted by Gasteiger charge is -2.42. The zero-order valence-corrected chi connectivity index (χ0v) is 12.0. The van der Waals surface area contributed by atoms with Gasteiger partial charge in [0.15, 0.2) is 0 Å². The Bertz CT molecular complexity index is 284. The fourth-order valence-corrected chi connectivity index (χ4v) is 7.86. The van der Waals surface area contributed by atoms with Crippen molar-refractivity contribution in [3.05, 3.63) is 12.2 Å². The van der Waals surface area contributed by atoms with Crippen molar-refractivity contribution in [2.24, 2.45) is 11.8 Å². The minimum Gasteiger partial charge on any atom is -0.397 e. The van der Waals surface area contributed by atoms with Gasteiger partial charge in [0.25, 0.3) is 0 Å². The second kappa shape index (κ2) is 4.28. The van der Waals surface area contributed by atoms with Crippen LogP contribution < -0.4 is 0 Å². The minimum absolute atomic E-state index is 0.269. The van der Waals surface area contributed by atoms with Gasteiger partial charge >= 0.3 is 8.56 Å². The SMILES string of the molecule is CO[Si](CC(C)C)(OC)C12C=CC(CC1)C2. The van der Waals surface area contributed by atoms with Gasteiger partial charge in [-0.2, -0.15) is 0 Å². The number of rotatable bonds is 5. The predicted octanol–water partition coefficient (Wildman–Crippen LogP) is 3.49. The van der Waals surface area contributed by atoms with Crippen LogP contribution in [0.3, 0.4) is 0 Å². The molecule has 0 heterocycles. The first-order valence-electron chi connectivity index (χ1n) is 6.37. The van der Waals surface area contributed by atoms with Gasteiger partial charge in [0.05, 0.1) is 0 Å². The standard InChI is InChI=1S/C13H24O2Si/c1-11(2)10-16(14-3,15-4)13-7-5-12(9-13)6-8-13/h5,7,11-12H,6,8-10H2,1-4H3. The molecule has 16 heavy (non-hydrogen) atoms. The predicted molar refractivity (Wildman–Crippen MR) is 68.6 cm³/mol. The van der Waals surface area contributed by atoms with Crippen molar-refractivity contribution < 1.29 is 8.85 Å². The van der Waals surface area contributed by atoms with Crippen LogP contribution >= 0.6 is 0 Å². The third-order valence-corrected chi connectivity index (χ3v) is 9.18. The Morgan fingerprint density at radius 1 is 1.38 bits per heavy atom. The highest BCUT2D eigenvalue weighted by Crippen LogP contribution is 2.61. The van der Waals surface area contributed by atoms with Crippen molar-refractivity contribution in [2.45, 2.75) is 44.2 Å². The van der Waals surface area contributed by atoms with Crippen molar-refractivity contribution in [3.8, 4) is 0 Å². The van der Waals surface area contributed by atoms with E-state index in [1.807, 2.05) is 14.2 Å². The molecule has 0 spiro atoms. The highest BCUT2D eigenvalue weighted by molar-refractivity contribution is 6.71. The molecule has 2 aliphatic rings. The first-order chi connectivity index (χ1) is 7.57. The molecule has 92 valence electrons. The molecular formula is C13H24O2Si. The Hall–Kier alpha value is -0.123. The van der Waals surface area contributed by atoms with Crippen LogP contribution in [0.5, 0.6) is 0 Å². The lowest BCUT2D eigenvalue weighted by atomic mass is 10.1. The Kier molecular flexibility index (Phi) is 3.30. The van der Waals surface area contributed by atoms with Crippen LogP contribution in [-0.2, 0) is 8.85 Å². The molecular weight excluding hydrogens is 216 g/mol. The summed E-state index contributed by atoms with van der Waals surface area (Å²) in [6, 6.07) is 1.11. The number of allylic oxidation sites excluding steroid dienone is 2. The molecule has 2 rings (SSSR count). The van der Waals surface area contributed by atoms with E-state index in [1.54, 1.807) is 0 Å². The van der Waals surface area contributed by atoms with Crippen LogP contribution in [0.25, 0.3) is 0 Å². The van der Waals surface area contributed by atoms with Crippen LogP contribution in [0.2, 0.25) is 11.1 Å². The molecule has 3 heteroatoms. The second-order valence-electron chi connectivity index (χ2n) is 5.78. The number of hydrogen-bond acceptors (Lipinski definition) is 2. The summed E-state index contributed by atoms with van der Waals surface area (Å²) in [7, 11) is 1.64. The van der Waals surface area contributed by atoms with E-state index >= 15 is 0 Å². The van der Waals surface area contributed by atoms with E-state index in [1.165, 1.54) is 19.3 Å². The smallest absolute Gasteiger partial charge is 0.348 e. The molecule has 0 N–H and O–H groups in total. The van der Waals surface area contributed by atoms with Crippen molar-refractivity contribution in [2.75, 3.05) is 14.2 Å². The molecule has 0 aliphatic heterocycles. The fourth-order valence-electron chi connectivity index (χ4n) is 3.62. The maximum atomic E-state index is 5.97. The summed E-state index contributed by atoms with van der Waals surface area (Å²) >= 11 is 0. The molecule has 0 aromatic carbocycles. The summed E-state index contributed by atoms with van der Waals surface area (Å²) < 4.78 is 11.9. The van der Waals surface area contributed by atoms with E-state index < -0.39 is 8.56 Å². The third kappa shape index (κ3) is 1.69. The molecule has 2 nitrogen and oxygen atoms in total. The summed E-state index contributed by atoms with van der Waals surface area (Å²) in [6.45, 7) is 4.53. The van der Waals surface area contributed by atoms with Crippen molar-refractivity contribution in [3.63, 3.8) is 0 Å². The number of fused-ring (bicyclic) bond motifs is 2. The Morgan fingerprint density at radius 3 is 2.38 bits per heavy atom. The van der Waals surface area contributed by atoms with Crippen LogP contribution in [0.4, 0.5) is 0 Å². The molecule has 1 saturated carbocycles. The lowest BCUT2D eigenvalue weighted by molar-refractivity contribution is 0.208. The van der Waals surface area contributed by atoms with E-state index in [2.05, 4.69) is 26.0 Å². The van der Waals surface area contributed by atoms with Gasteiger partial charge in [-0.1, -0.05) is 26.0 Å². The van der Waals surface area contributed by atoms with Gasteiger partial charge in [-0.15, -0.1) is 0 Å². The van der Waals surface area contributed by atoms with Gasteiger partial charge in [-0.3, -0.25) is 0 Å². The molecule has 0 radical (unpaired) electrons. The van der Waals surface area contributed by atoms with Crippen LogP contribution in [-0.4, -0.2) is 22.8 Å². The molecule has 0 saturated heterocycles. The van der Waals surface area contributed by atoms with E-state index in [9.17, 15) is 0 Å². The maximum absolute atomic E-state index is 5.97. The minimum atomic E-state index is -2.07. The molecule has 2 unspecified atom stereocenters. The average molecular weight is 240 g/mol. The van der Waals surface area contributed by atoms with Gasteiger partial charge in [0, 0.05) is 19.3 Å². The van der Waals surface area contributed by atoms with Gasteiger partial charge in [-0.25, -0.2) is 0 Å². The summed E-state index contributed by atoms with van der Waals surface area (Å²) in [4.78, 5) is 0. The first-order valence-corrected chi connectivity index (χ1v) is 8.39. The summed E-state index contributed by atoms with van der Waals surface area (Å²) in [6.07, 6.45) is 8.69. The van der Waals surface area contributed by atoms with Gasteiger partial charge < -0.3 is 8.85 Å². The zero-order valence-electron chi connectivity index (χ0n) is 11.0. The Balaban J connectivity index is 2.28. The van der Waals surface area contributed by atoms with Crippen LogP contribution in [0.15, 0.2) is 12.2 Å². The summed E-state index contributed by atoms with van der Waals surface area (Å²) in [5.41, 5.74) is 0. The molecule has 0 amide bonds. The summed E-state index contributed by atoms with van der Waals surface area (Å²) in [5, 5.41) is 0.269. The third-order valence-electron chi connectivity index (χ3n) is 4.37. The topological polar surface area (TPSA) is 18.5 Å². The Labute approximate surface area is 100 Å². The monoisotopic (exact) mass is 240 g/mol. The Morgan fingerprint density at radius 2 is 2.06 bits per heavy atom. The average Bonchev–Trinajstić information content (AvgIpc) is 2.86. The van der Waals surface area contributed by atoms with E-state index in [0.29, 0.717) is 5.92 Å². The maximum Gasteiger partial charge on any atom is 0.348 e. The second-order valence-corrected chi connectivity index (χ2v) is 9.50. The van der Waals surface area contributed by atoms with Crippen LogP contribution in [0, 0.1) is 11.8 Å². The quantitative estimate of drug-likeness (QED) is 0.541. The molecule has 1 fully saturated rings. The molecule has 2 bridgehead atoms. The van der Waals surface area contributed by atoms with Crippen molar-refractivity contribution in [1.82, 2.24) is 0 Å². The fraction of sp³-hybridized carbons (Fsp3) is 0.846. The highest BCUT2D eigenvalue weighted by atomic mass is 28.4. The van der Waals surface area contributed by atoms with Gasteiger partial charge in [0.1, 0.15) is 0 Å². The normalized spacial score (nSPS) is 32.9. The molecule has 2 aliphatic carbocycles. The van der Waals surface area contributed by atoms with Crippen LogP contribution in [0.1, 0.15) is 33.1 Å². The van der Waals surface area contributed by atoms with Gasteiger partial charge in [-0.05, 0) is 37.1 Å². The largest absolute Gasteiger partial charge is 0.397 e. The molecule has 0 aromatic heterocycles. The summed E-state index contributed by atoms with van der Waals surface area (Å²) in [5.74, 6) is 1.44. The zero-order chi connectivity index (χ0) is 11.8. The molecule has 0 aromatic rings. The highest BCUT2D eigenvalue weighted by Gasteiger charge is 2.60. The number of hydrogen-bond donors (Lipinski definition) is 0. The van der Waals surface area contributed by atoms with E-state index in [-0.39, 0.29) is 5.04 Å². The van der Waals surface area contributed by atoms with E-state index in [0.717, 1.165) is 12.0 Å².